The molecular formula is C15H22S. The fourth-order valence-corrected chi connectivity index (χ4v) is 2.50. The predicted molar refractivity (Wildman–Crippen MR) is 75.3 cm³/mol. The lowest BCUT2D eigenvalue weighted by Crippen LogP contribution is -1.95. The Bertz CT molecular complexity index is 311. The largest absolute Gasteiger partial charge is 0.126 e. The summed E-state index contributed by atoms with van der Waals surface area (Å²) in [5, 5.41) is 0. The third-order valence-corrected chi connectivity index (χ3v) is 3.71. The zero-order valence-corrected chi connectivity index (χ0v) is 11.4. The summed E-state index contributed by atoms with van der Waals surface area (Å²) in [4.78, 5) is 1.38. The fourth-order valence-electron chi connectivity index (χ4n) is 1.84. The summed E-state index contributed by atoms with van der Waals surface area (Å²) in [6.45, 7) is 6.55. The lowest BCUT2D eigenvalue weighted by atomic mass is 9.93. The van der Waals surface area contributed by atoms with Crippen molar-refractivity contribution in [3.63, 3.8) is 0 Å². The summed E-state index contributed by atoms with van der Waals surface area (Å²) in [6.07, 6.45) is 6.78. The zero-order chi connectivity index (χ0) is 11.8. The Morgan fingerprint density at radius 2 is 1.88 bits per heavy atom. The van der Waals surface area contributed by atoms with Gasteiger partial charge < -0.3 is 0 Å². The lowest BCUT2D eigenvalue weighted by molar-refractivity contribution is 0.673. The Balaban J connectivity index is 2.69. The number of thioether (sulfide) groups is 1. The maximum atomic E-state index is 2.29. The highest BCUT2D eigenvalue weighted by Crippen LogP contribution is 2.26. The minimum absolute atomic E-state index is 0.678. The molecule has 0 N–H and O–H groups in total. The molecule has 0 aromatic heterocycles. The van der Waals surface area contributed by atoms with E-state index in [-0.39, 0.29) is 0 Å². The third kappa shape index (κ3) is 4.05. The maximum Gasteiger partial charge on any atom is 0.00720 e. The van der Waals surface area contributed by atoms with E-state index in [1.165, 1.54) is 16.9 Å². The minimum atomic E-state index is 0.678. The Morgan fingerprint density at radius 3 is 2.38 bits per heavy atom. The van der Waals surface area contributed by atoms with Crippen molar-refractivity contribution in [2.24, 2.45) is 0 Å². The highest BCUT2D eigenvalue weighted by molar-refractivity contribution is 7.99. The number of allylic oxidation sites excluding steroid dienone is 2. The average molecular weight is 234 g/mol. The van der Waals surface area contributed by atoms with Crippen molar-refractivity contribution in [3.8, 4) is 0 Å². The standard InChI is InChI=1S/C15H22S/c1-4-7-8-13(5-2)14-9-11-15(12-10-14)16-6-3/h4,7,9-13H,5-6,8H2,1-3H3/b7-4-. The quantitative estimate of drug-likeness (QED) is 0.478. The molecule has 1 unspecified atom stereocenters. The highest BCUT2D eigenvalue weighted by Gasteiger charge is 2.06. The summed E-state index contributed by atoms with van der Waals surface area (Å²) in [5.74, 6) is 1.83. The van der Waals surface area contributed by atoms with Crippen LogP contribution in [0, 0.1) is 0 Å². The second-order valence-corrected chi connectivity index (χ2v) is 5.25. The van der Waals surface area contributed by atoms with Gasteiger partial charge in [-0.05, 0) is 49.1 Å². The van der Waals surface area contributed by atoms with Gasteiger partial charge in [-0.15, -0.1) is 11.8 Å². The number of benzene rings is 1. The fraction of sp³-hybridized carbons (Fsp3) is 0.467. The van der Waals surface area contributed by atoms with Gasteiger partial charge in [0.1, 0.15) is 0 Å². The van der Waals surface area contributed by atoms with E-state index in [2.05, 4.69) is 57.2 Å². The normalized spacial score (nSPS) is 13.2. The van der Waals surface area contributed by atoms with Gasteiger partial charge in [0, 0.05) is 4.90 Å². The number of hydrogen-bond acceptors (Lipinski definition) is 1. The van der Waals surface area contributed by atoms with E-state index in [1.54, 1.807) is 0 Å². The van der Waals surface area contributed by atoms with Crippen LogP contribution in [-0.2, 0) is 0 Å². The molecule has 0 saturated carbocycles. The first-order valence-electron chi connectivity index (χ1n) is 6.15. The van der Waals surface area contributed by atoms with Crippen LogP contribution < -0.4 is 0 Å². The van der Waals surface area contributed by atoms with Crippen molar-refractivity contribution in [2.75, 3.05) is 5.75 Å². The molecule has 0 aliphatic heterocycles. The third-order valence-electron chi connectivity index (χ3n) is 2.81. The highest BCUT2D eigenvalue weighted by atomic mass is 32.2. The molecule has 0 nitrogen and oxygen atoms in total. The van der Waals surface area contributed by atoms with Gasteiger partial charge in [0.25, 0.3) is 0 Å². The van der Waals surface area contributed by atoms with Gasteiger partial charge in [0.05, 0.1) is 0 Å². The van der Waals surface area contributed by atoms with Crippen LogP contribution in [0.2, 0.25) is 0 Å². The Hall–Kier alpha value is -0.690. The maximum absolute atomic E-state index is 2.29. The monoisotopic (exact) mass is 234 g/mol. The molecule has 1 aromatic rings. The molecule has 1 rings (SSSR count). The number of rotatable bonds is 6. The molecule has 0 bridgehead atoms. The Kier molecular flexibility index (Phi) is 6.32. The predicted octanol–water partition coefficient (Wildman–Crippen LogP) is 5.26. The van der Waals surface area contributed by atoms with Crippen molar-refractivity contribution >= 4 is 11.8 Å². The summed E-state index contributed by atoms with van der Waals surface area (Å²) < 4.78 is 0. The summed E-state index contributed by atoms with van der Waals surface area (Å²) in [5.41, 5.74) is 1.47. The van der Waals surface area contributed by atoms with Crippen LogP contribution in [-0.4, -0.2) is 5.75 Å². The molecule has 0 saturated heterocycles. The van der Waals surface area contributed by atoms with Crippen molar-refractivity contribution in [1.29, 1.82) is 0 Å². The van der Waals surface area contributed by atoms with Gasteiger partial charge in [-0.1, -0.05) is 38.1 Å². The van der Waals surface area contributed by atoms with Gasteiger partial charge in [-0.3, -0.25) is 0 Å². The van der Waals surface area contributed by atoms with Crippen molar-refractivity contribution in [2.45, 2.75) is 44.4 Å². The zero-order valence-electron chi connectivity index (χ0n) is 10.6. The van der Waals surface area contributed by atoms with Gasteiger partial charge in [0.2, 0.25) is 0 Å². The van der Waals surface area contributed by atoms with E-state index in [0.29, 0.717) is 5.92 Å². The molecule has 0 amide bonds. The van der Waals surface area contributed by atoms with Crippen LogP contribution >= 0.6 is 11.8 Å². The molecule has 0 fully saturated rings. The summed E-state index contributed by atoms with van der Waals surface area (Å²) >= 11 is 1.91. The van der Waals surface area contributed by atoms with Gasteiger partial charge >= 0.3 is 0 Å². The van der Waals surface area contributed by atoms with Crippen molar-refractivity contribution < 1.29 is 0 Å². The van der Waals surface area contributed by atoms with E-state index >= 15 is 0 Å². The van der Waals surface area contributed by atoms with Crippen LogP contribution in [0.1, 0.15) is 45.1 Å². The van der Waals surface area contributed by atoms with Gasteiger partial charge in [-0.2, -0.15) is 0 Å². The lowest BCUT2D eigenvalue weighted by Gasteiger charge is -2.13. The van der Waals surface area contributed by atoms with Crippen molar-refractivity contribution in [3.05, 3.63) is 42.0 Å². The molecular weight excluding hydrogens is 212 g/mol. The van der Waals surface area contributed by atoms with Crippen LogP contribution in [0.25, 0.3) is 0 Å². The van der Waals surface area contributed by atoms with E-state index in [9.17, 15) is 0 Å². The SMILES string of the molecule is C/C=C\CC(CC)c1ccc(SCC)cc1. The van der Waals surface area contributed by atoms with E-state index in [1.807, 2.05) is 11.8 Å². The molecule has 0 radical (unpaired) electrons. The molecule has 1 atom stereocenters. The minimum Gasteiger partial charge on any atom is -0.126 e. The van der Waals surface area contributed by atoms with Gasteiger partial charge in [-0.25, -0.2) is 0 Å². The molecule has 0 aliphatic rings. The van der Waals surface area contributed by atoms with Crippen LogP contribution in [0.15, 0.2) is 41.3 Å². The van der Waals surface area contributed by atoms with Crippen LogP contribution in [0.3, 0.4) is 0 Å². The van der Waals surface area contributed by atoms with E-state index in [0.717, 1.165) is 12.2 Å². The molecule has 0 spiro atoms. The van der Waals surface area contributed by atoms with E-state index < -0.39 is 0 Å². The molecule has 0 aliphatic carbocycles. The molecule has 1 heteroatoms. The summed E-state index contributed by atoms with van der Waals surface area (Å²) in [7, 11) is 0. The topological polar surface area (TPSA) is 0 Å². The van der Waals surface area contributed by atoms with Crippen molar-refractivity contribution in [1.82, 2.24) is 0 Å². The molecule has 88 valence electrons. The average Bonchev–Trinajstić information content (AvgIpc) is 2.32. The Morgan fingerprint density at radius 1 is 1.19 bits per heavy atom. The van der Waals surface area contributed by atoms with Gasteiger partial charge in [0.15, 0.2) is 0 Å². The van der Waals surface area contributed by atoms with Crippen LogP contribution in [0.4, 0.5) is 0 Å². The first-order chi connectivity index (χ1) is 7.81. The number of hydrogen-bond donors (Lipinski definition) is 0. The molecule has 0 heterocycles. The second-order valence-electron chi connectivity index (χ2n) is 3.91. The summed E-state index contributed by atoms with van der Waals surface area (Å²) in [6, 6.07) is 9.08. The second kappa shape index (κ2) is 7.56. The Labute approximate surface area is 104 Å². The first kappa shape index (κ1) is 13.4. The van der Waals surface area contributed by atoms with E-state index in [4.69, 9.17) is 0 Å². The smallest absolute Gasteiger partial charge is 0.00720 e. The first-order valence-corrected chi connectivity index (χ1v) is 7.14. The molecule has 16 heavy (non-hydrogen) atoms. The van der Waals surface area contributed by atoms with Crippen LogP contribution in [0.5, 0.6) is 0 Å². The molecule has 1 aromatic carbocycles.